The number of allylic oxidation sites excluding steroid dienone is 2. The average molecular weight is 420 g/mol. The lowest BCUT2D eigenvalue weighted by atomic mass is 10.1. The van der Waals surface area contributed by atoms with Gasteiger partial charge >= 0.3 is 5.97 Å². The van der Waals surface area contributed by atoms with E-state index < -0.39 is 0 Å². The highest BCUT2D eigenvalue weighted by atomic mass is 35.5. The first kappa shape index (κ1) is 29.6. The maximum atomic E-state index is 11.6. The first-order chi connectivity index (χ1) is 13.2. The van der Waals surface area contributed by atoms with Crippen LogP contribution in [-0.2, 0) is 9.53 Å². The molecule has 0 aromatic rings. The van der Waals surface area contributed by atoms with E-state index in [9.17, 15) is 4.79 Å². The number of unbranched alkanes of at least 4 members (excludes halogenated alkanes) is 11. The smallest absolute Gasteiger partial charge is 0.305 e. The molecule has 0 saturated carbocycles. The Hall–Kier alpha value is -0.580. The molecule has 0 fully saturated rings. The van der Waals surface area contributed by atoms with Crippen molar-refractivity contribution in [1.82, 2.24) is 0 Å². The predicted molar refractivity (Wildman–Crippen MR) is 114 cm³/mol. The maximum absolute atomic E-state index is 11.6. The Morgan fingerprint density at radius 3 is 1.96 bits per heavy atom. The molecule has 0 saturated heterocycles. The number of carbonyl (C=O) groups excluding carboxylic acids is 1. The Morgan fingerprint density at radius 2 is 1.39 bits per heavy atom. The van der Waals surface area contributed by atoms with Crippen LogP contribution >= 0.6 is 0 Å². The summed E-state index contributed by atoms with van der Waals surface area (Å²) in [5, 5.41) is 8.82. The number of aliphatic hydroxyl groups excluding tert-OH is 1. The van der Waals surface area contributed by atoms with E-state index in [1.54, 1.807) is 0 Å². The molecule has 1 unspecified atom stereocenters. The van der Waals surface area contributed by atoms with Crippen LogP contribution in [0.25, 0.3) is 0 Å². The Kier molecular flexibility index (Phi) is 25.9. The van der Waals surface area contributed by atoms with Crippen molar-refractivity contribution < 1.29 is 31.9 Å². The van der Waals surface area contributed by atoms with Gasteiger partial charge in [0.05, 0.1) is 13.7 Å². The van der Waals surface area contributed by atoms with E-state index in [1.807, 2.05) is 7.05 Å². The van der Waals surface area contributed by atoms with Crippen LogP contribution in [-0.4, -0.2) is 44.4 Å². The molecule has 168 valence electrons. The third kappa shape index (κ3) is 23.5. The summed E-state index contributed by atoms with van der Waals surface area (Å²) in [4.78, 5) is 12.8. The first-order valence-electron chi connectivity index (χ1n) is 11.4. The Morgan fingerprint density at radius 1 is 0.857 bits per heavy atom. The van der Waals surface area contributed by atoms with Crippen molar-refractivity contribution in [2.75, 3.05) is 33.4 Å². The van der Waals surface area contributed by atoms with Crippen LogP contribution in [0.1, 0.15) is 96.8 Å². The van der Waals surface area contributed by atoms with Crippen molar-refractivity contribution in [2.24, 2.45) is 0 Å². The largest absolute Gasteiger partial charge is 1.00 e. The molecule has 0 aliphatic carbocycles. The van der Waals surface area contributed by atoms with Crippen molar-refractivity contribution >= 4 is 5.97 Å². The molecule has 0 aromatic carbocycles. The summed E-state index contributed by atoms with van der Waals surface area (Å²) in [5.74, 6) is -0.0792. The molecule has 0 rings (SSSR count). The summed E-state index contributed by atoms with van der Waals surface area (Å²) >= 11 is 0. The zero-order chi connectivity index (χ0) is 20.0. The van der Waals surface area contributed by atoms with Gasteiger partial charge in [-0.05, 0) is 32.1 Å². The minimum Gasteiger partial charge on any atom is -1.00 e. The standard InChI is InChI=1S/C23H45NO3.ClH/c1-3-4-5-6-7-8-9-10-11-12-13-14-15-16-17-18-23(26)27-22-20-24(2)19-21-25;/h10-11,25H,3-9,12-22H2,1-2H3;1H/b11-10-;. The molecule has 1 atom stereocenters. The maximum Gasteiger partial charge on any atom is 0.305 e. The summed E-state index contributed by atoms with van der Waals surface area (Å²) < 4.78 is 5.23. The number of hydrogen-bond acceptors (Lipinski definition) is 3. The van der Waals surface area contributed by atoms with E-state index in [1.165, 1.54) is 75.5 Å². The number of likely N-dealkylation sites (N-methyl/N-ethyl adjacent to an activating group) is 1. The van der Waals surface area contributed by atoms with Crippen LogP contribution in [0.5, 0.6) is 0 Å². The van der Waals surface area contributed by atoms with Crippen LogP contribution in [0, 0.1) is 0 Å². The Balaban J connectivity index is 0. The van der Waals surface area contributed by atoms with Gasteiger partial charge in [-0.1, -0.05) is 70.4 Å². The summed E-state index contributed by atoms with van der Waals surface area (Å²) in [6, 6.07) is 0. The van der Waals surface area contributed by atoms with Gasteiger partial charge in [0.25, 0.3) is 0 Å². The van der Waals surface area contributed by atoms with Crippen molar-refractivity contribution in [3.05, 3.63) is 12.2 Å². The molecule has 0 aliphatic rings. The second-order valence-corrected chi connectivity index (χ2v) is 7.74. The minimum absolute atomic E-state index is 0. The number of carbonyl (C=O) groups is 1. The van der Waals surface area contributed by atoms with E-state index in [0.717, 1.165) is 19.4 Å². The van der Waals surface area contributed by atoms with Crippen LogP contribution in [0.3, 0.4) is 0 Å². The number of rotatable bonds is 20. The molecule has 0 radical (unpaired) electrons. The van der Waals surface area contributed by atoms with Crippen LogP contribution in [0.2, 0.25) is 0 Å². The van der Waals surface area contributed by atoms with Crippen LogP contribution in [0.4, 0.5) is 0 Å². The van der Waals surface area contributed by atoms with Gasteiger partial charge < -0.3 is 27.2 Å². The molecule has 0 spiro atoms. The number of quaternary nitrogens is 1. The minimum atomic E-state index is -0.0792. The quantitative estimate of drug-likeness (QED) is 0.176. The summed E-state index contributed by atoms with van der Waals surface area (Å²) in [6.45, 7) is 4.36. The number of aliphatic hydroxyl groups is 1. The summed E-state index contributed by atoms with van der Waals surface area (Å²) in [6.07, 6.45) is 21.7. The number of esters is 1. The Bertz CT molecular complexity index is 351. The zero-order valence-electron chi connectivity index (χ0n) is 18.5. The fourth-order valence-electron chi connectivity index (χ4n) is 3.07. The Labute approximate surface area is 180 Å². The van der Waals surface area contributed by atoms with Gasteiger partial charge in [0, 0.05) is 6.42 Å². The number of nitrogens with one attached hydrogen (secondary N) is 1. The molecule has 0 aromatic heterocycles. The lowest BCUT2D eigenvalue weighted by molar-refractivity contribution is -0.880. The zero-order valence-corrected chi connectivity index (χ0v) is 19.3. The normalized spacial score (nSPS) is 12.1. The van der Waals surface area contributed by atoms with Gasteiger partial charge in [0.1, 0.15) is 19.7 Å². The monoisotopic (exact) mass is 419 g/mol. The van der Waals surface area contributed by atoms with E-state index >= 15 is 0 Å². The van der Waals surface area contributed by atoms with Gasteiger partial charge in [0.2, 0.25) is 0 Å². The second-order valence-electron chi connectivity index (χ2n) is 7.74. The molecular formula is C23H46ClNO3. The van der Waals surface area contributed by atoms with E-state index in [2.05, 4.69) is 19.1 Å². The van der Waals surface area contributed by atoms with E-state index in [-0.39, 0.29) is 25.0 Å². The van der Waals surface area contributed by atoms with Crippen molar-refractivity contribution in [1.29, 1.82) is 0 Å². The third-order valence-electron chi connectivity index (χ3n) is 4.97. The number of ether oxygens (including phenoxy) is 1. The fourth-order valence-corrected chi connectivity index (χ4v) is 3.07. The van der Waals surface area contributed by atoms with Crippen LogP contribution in [0.15, 0.2) is 12.2 Å². The van der Waals surface area contributed by atoms with E-state index in [0.29, 0.717) is 19.6 Å². The third-order valence-corrected chi connectivity index (χ3v) is 4.97. The van der Waals surface area contributed by atoms with Crippen LogP contribution < -0.4 is 17.3 Å². The number of hydrogen-bond donors (Lipinski definition) is 2. The molecule has 0 heterocycles. The van der Waals surface area contributed by atoms with E-state index in [4.69, 9.17) is 9.84 Å². The fraction of sp³-hybridized carbons (Fsp3) is 0.870. The van der Waals surface area contributed by atoms with Gasteiger partial charge in [-0.15, -0.1) is 0 Å². The van der Waals surface area contributed by atoms with Crippen molar-refractivity contribution in [2.45, 2.75) is 96.8 Å². The van der Waals surface area contributed by atoms with Gasteiger partial charge in [-0.3, -0.25) is 4.79 Å². The highest BCUT2D eigenvalue weighted by Crippen LogP contribution is 2.10. The van der Waals surface area contributed by atoms with Gasteiger partial charge in [-0.25, -0.2) is 0 Å². The van der Waals surface area contributed by atoms with Gasteiger partial charge in [-0.2, -0.15) is 0 Å². The molecule has 28 heavy (non-hydrogen) atoms. The summed E-state index contributed by atoms with van der Waals surface area (Å²) in [7, 11) is 1.99. The lowest BCUT2D eigenvalue weighted by Crippen LogP contribution is -3.10. The number of halogens is 1. The van der Waals surface area contributed by atoms with Crippen molar-refractivity contribution in [3.63, 3.8) is 0 Å². The molecule has 0 aliphatic heterocycles. The highest BCUT2D eigenvalue weighted by Gasteiger charge is 2.05. The topological polar surface area (TPSA) is 51.0 Å². The van der Waals surface area contributed by atoms with Crippen molar-refractivity contribution in [3.8, 4) is 0 Å². The SMILES string of the molecule is CCCCCCCC/C=C\CCCCCCCC(=O)OCC[NH+](C)CCO.[Cl-]. The molecule has 0 bridgehead atoms. The predicted octanol–water partition coefficient (Wildman–Crippen LogP) is 1.08. The summed E-state index contributed by atoms with van der Waals surface area (Å²) in [5.41, 5.74) is 0. The molecule has 5 heteroatoms. The first-order valence-corrected chi connectivity index (χ1v) is 11.4. The second kappa shape index (κ2) is 24.5. The average Bonchev–Trinajstić information content (AvgIpc) is 2.65. The molecular weight excluding hydrogens is 374 g/mol. The lowest BCUT2D eigenvalue weighted by Gasteiger charge is -2.12. The van der Waals surface area contributed by atoms with Gasteiger partial charge in [0.15, 0.2) is 0 Å². The highest BCUT2D eigenvalue weighted by molar-refractivity contribution is 5.69. The molecule has 0 amide bonds. The molecule has 2 N–H and O–H groups in total. The molecule has 4 nitrogen and oxygen atoms in total.